The minimum absolute atomic E-state index is 0.154. The number of methoxy groups -OCH3 is 1. The van der Waals surface area contributed by atoms with Gasteiger partial charge in [-0.15, -0.1) is 0 Å². The molecule has 0 aliphatic rings. The van der Waals surface area contributed by atoms with E-state index in [4.69, 9.17) is 32.4 Å². The Hall–Kier alpha value is -2.94. The van der Waals surface area contributed by atoms with Crippen molar-refractivity contribution >= 4 is 40.8 Å². The van der Waals surface area contributed by atoms with Gasteiger partial charge in [-0.25, -0.2) is 4.79 Å². The number of hydrogen-bond acceptors (Lipinski definition) is 4. The summed E-state index contributed by atoms with van der Waals surface area (Å²) in [7, 11) is 3.45. The van der Waals surface area contributed by atoms with E-state index in [2.05, 4.69) is 5.32 Å². The molecule has 176 valence electrons. The summed E-state index contributed by atoms with van der Waals surface area (Å²) < 4.78 is 12.5. The lowest BCUT2D eigenvalue weighted by atomic mass is 10.3. The molecule has 33 heavy (non-hydrogen) atoms. The summed E-state index contributed by atoms with van der Waals surface area (Å²) in [6.07, 6.45) is 3.48. The van der Waals surface area contributed by atoms with E-state index >= 15 is 0 Å². The number of nitrogens with one attached hydrogen (secondary N) is 1. The van der Waals surface area contributed by atoms with E-state index in [1.54, 1.807) is 35.4 Å². The number of urea groups is 1. The molecule has 8 nitrogen and oxygen atoms in total. The largest absolute Gasteiger partial charge is 0.467 e. The number of halogens is 2. The van der Waals surface area contributed by atoms with E-state index in [0.717, 1.165) is 5.69 Å². The molecule has 3 rings (SSSR count). The van der Waals surface area contributed by atoms with Crippen molar-refractivity contribution in [2.24, 2.45) is 7.05 Å². The molecule has 2 heterocycles. The van der Waals surface area contributed by atoms with Crippen molar-refractivity contribution in [2.75, 3.05) is 32.1 Å². The van der Waals surface area contributed by atoms with Crippen molar-refractivity contribution in [3.8, 4) is 0 Å². The lowest BCUT2D eigenvalue weighted by molar-refractivity contribution is -0.133. The zero-order valence-electron chi connectivity index (χ0n) is 18.5. The van der Waals surface area contributed by atoms with Crippen LogP contribution in [0.15, 0.2) is 59.3 Å². The Kier molecular flexibility index (Phi) is 8.82. The van der Waals surface area contributed by atoms with Gasteiger partial charge in [0.2, 0.25) is 5.91 Å². The molecule has 0 atom stereocenters. The Morgan fingerprint density at radius 1 is 1.09 bits per heavy atom. The third-order valence-corrected chi connectivity index (χ3v) is 5.87. The fourth-order valence-electron chi connectivity index (χ4n) is 3.19. The number of aromatic nitrogens is 1. The maximum Gasteiger partial charge on any atom is 0.322 e. The summed E-state index contributed by atoms with van der Waals surface area (Å²) in [5.41, 5.74) is 1.31. The van der Waals surface area contributed by atoms with E-state index in [1.807, 2.05) is 36.0 Å². The molecule has 0 bridgehead atoms. The summed E-state index contributed by atoms with van der Waals surface area (Å²) in [4.78, 5) is 29.3. The molecule has 0 spiro atoms. The molecule has 0 aliphatic heterocycles. The van der Waals surface area contributed by atoms with Gasteiger partial charge in [0.1, 0.15) is 12.3 Å². The highest BCUT2D eigenvalue weighted by Crippen LogP contribution is 2.29. The van der Waals surface area contributed by atoms with Crippen LogP contribution in [0.2, 0.25) is 10.0 Å². The van der Waals surface area contributed by atoms with Crippen molar-refractivity contribution in [3.63, 3.8) is 0 Å². The lowest BCUT2D eigenvalue weighted by Crippen LogP contribution is -2.45. The maximum atomic E-state index is 13.3. The SMILES string of the molecule is COCCN(CC(=O)N(Cc1ccco1)Cc1cccn1C)C(=O)Nc1cccc(Cl)c1Cl. The molecule has 2 aromatic heterocycles. The summed E-state index contributed by atoms with van der Waals surface area (Å²) in [6, 6.07) is 11.9. The van der Waals surface area contributed by atoms with Crippen LogP contribution < -0.4 is 5.32 Å². The normalized spacial score (nSPS) is 10.8. The second kappa shape index (κ2) is 11.8. The van der Waals surface area contributed by atoms with Crippen LogP contribution >= 0.6 is 23.2 Å². The minimum atomic E-state index is -0.485. The van der Waals surface area contributed by atoms with Crippen molar-refractivity contribution in [2.45, 2.75) is 13.1 Å². The van der Waals surface area contributed by atoms with Gasteiger partial charge in [0.05, 0.1) is 41.7 Å². The number of benzene rings is 1. The van der Waals surface area contributed by atoms with Gasteiger partial charge in [-0.2, -0.15) is 0 Å². The fourth-order valence-corrected chi connectivity index (χ4v) is 3.54. The summed E-state index contributed by atoms with van der Waals surface area (Å²) in [5, 5.41) is 3.28. The Labute approximate surface area is 202 Å². The Morgan fingerprint density at radius 3 is 2.58 bits per heavy atom. The molecule has 3 amide bonds. The van der Waals surface area contributed by atoms with E-state index in [9.17, 15) is 9.59 Å². The number of ether oxygens (including phenoxy) is 1. The van der Waals surface area contributed by atoms with E-state index in [1.165, 1.54) is 12.0 Å². The quantitative estimate of drug-likeness (QED) is 0.447. The Morgan fingerprint density at radius 2 is 1.91 bits per heavy atom. The number of furan rings is 1. The highest BCUT2D eigenvalue weighted by Gasteiger charge is 2.23. The van der Waals surface area contributed by atoms with E-state index < -0.39 is 6.03 Å². The predicted molar refractivity (Wildman–Crippen MR) is 127 cm³/mol. The lowest BCUT2D eigenvalue weighted by Gasteiger charge is -2.27. The molecule has 0 radical (unpaired) electrons. The number of carbonyl (C=O) groups excluding carboxylic acids is 2. The number of aryl methyl sites for hydroxylation is 1. The Balaban J connectivity index is 1.76. The average Bonchev–Trinajstić information content (AvgIpc) is 3.45. The van der Waals surface area contributed by atoms with Gasteiger partial charge in [-0.1, -0.05) is 29.3 Å². The smallest absolute Gasteiger partial charge is 0.322 e. The fraction of sp³-hybridized carbons (Fsp3) is 0.304. The predicted octanol–water partition coefficient (Wildman–Crippen LogP) is 4.63. The third-order valence-electron chi connectivity index (χ3n) is 5.06. The second-order valence-electron chi connectivity index (χ2n) is 7.39. The summed E-state index contributed by atoms with van der Waals surface area (Å²) in [5.74, 6) is 0.409. The standard InChI is InChI=1S/C23H26Cl2N4O4/c1-27-10-4-6-17(27)14-29(15-18-7-5-12-33-18)21(30)16-28(11-13-32-2)23(31)26-20-9-3-8-19(24)22(20)25/h3-10,12H,11,13-16H2,1-2H3,(H,26,31). The van der Waals surface area contributed by atoms with Crippen LogP contribution in [0, 0.1) is 0 Å². The van der Waals surface area contributed by atoms with Crippen LogP contribution in [0.5, 0.6) is 0 Å². The molecule has 0 unspecified atom stereocenters. The van der Waals surface area contributed by atoms with Gasteiger partial charge in [0, 0.05) is 32.6 Å². The minimum Gasteiger partial charge on any atom is -0.467 e. The zero-order valence-corrected chi connectivity index (χ0v) is 20.0. The molecule has 0 fully saturated rings. The van der Waals surface area contributed by atoms with Gasteiger partial charge < -0.3 is 28.8 Å². The van der Waals surface area contributed by atoms with Crippen LogP contribution in [0.3, 0.4) is 0 Å². The second-order valence-corrected chi connectivity index (χ2v) is 8.17. The summed E-state index contributed by atoms with van der Waals surface area (Å²) in [6.45, 7) is 0.962. The molecule has 0 saturated carbocycles. The van der Waals surface area contributed by atoms with Crippen LogP contribution in [-0.2, 0) is 29.7 Å². The molecule has 1 N–H and O–H groups in total. The monoisotopic (exact) mass is 492 g/mol. The first-order valence-corrected chi connectivity index (χ1v) is 11.0. The highest BCUT2D eigenvalue weighted by atomic mass is 35.5. The van der Waals surface area contributed by atoms with Crippen molar-refractivity contribution in [1.29, 1.82) is 0 Å². The van der Waals surface area contributed by atoms with E-state index in [0.29, 0.717) is 23.0 Å². The number of rotatable bonds is 10. The molecule has 3 aromatic rings. The van der Waals surface area contributed by atoms with Gasteiger partial charge >= 0.3 is 6.03 Å². The van der Waals surface area contributed by atoms with Crippen LogP contribution in [0.25, 0.3) is 0 Å². The maximum absolute atomic E-state index is 13.3. The topological polar surface area (TPSA) is 80.0 Å². The van der Waals surface area contributed by atoms with Crippen LogP contribution in [0.1, 0.15) is 11.5 Å². The first-order chi connectivity index (χ1) is 15.9. The number of hydrogen-bond donors (Lipinski definition) is 1. The van der Waals surface area contributed by atoms with Crippen LogP contribution in [-0.4, -0.2) is 53.1 Å². The molecular weight excluding hydrogens is 467 g/mol. The number of nitrogens with zero attached hydrogens (tertiary/aromatic N) is 3. The van der Waals surface area contributed by atoms with Gasteiger partial charge in [0.25, 0.3) is 0 Å². The van der Waals surface area contributed by atoms with Gasteiger partial charge in [-0.3, -0.25) is 4.79 Å². The van der Waals surface area contributed by atoms with Crippen molar-refractivity contribution in [3.05, 3.63) is 76.4 Å². The first-order valence-electron chi connectivity index (χ1n) is 10.3. The number of carbonyl (C=O) groups is 2. The van der Waals surface area contributed by atoms with Gasteiger partial charge in [0.15, 0.2) is 0 Å². The first kappa shape index (κ1) is 24.7. The molecule has 0 saturated heterocycles. The van der Waals surface area contributed by atoms with Crippen molar-refractivity contribution in [1.82, 2.24) is 14.4 Å². The molecular formula is C23H26Cl2N4O4. The molecule has 0 aliphatic carbocycles. The van der Waals surface area contributed by atoms with Gasteiger partial charge in [-0.05, 0) is 36.4 Å². The van der Waals surface area contributed by atoms with Crippen LogP contribution in [0.4, 0.5) is 10.5 Å². The third kappa shape index (κ3) is 6.77. The number of amides is 3. The number of anilines is 1. The van der Waals surface area contributed by atoms with Crippen molar-refractivity contribution < 1.29 is 18.7 Å². The zero-order chi connectivity index (χ0) is 23.8. The van der Waals surface area contributed by atoms with E-state index in [-0.39, 0.29) is 37.2 Å². The highest BCUT2D eigenvalue weighted by molar-refractivity contribution is 6.43. The average molecular weight is 493 g/mol. The summed E-state index contributed by atoms with van der Waals surface area (Å²) >= 11 is 12.2. The molecule has 1 aromatic carbocycles. The molecule has 10 heteroatoms. The Bertz CT molecular complexity index is 1070.